The molecule has 0 saturated carbocycles. The lowest BCUT2D eigenvalue weighted by Gasteiger charge is -2.35. The number of carbonyl (C=O) groups excluding carboxylic acids is 1. The number of aryl methyl sites for hydroxylation is 1. The number of nitrogens with zero attached hydrogens (tertiary/aromatic N) is 2. The first-order valence-corrected chi connectivity index (χ1v) is 9.14. The molecule has 0 radical (unpaired) electrons. The van der Waals surface area contributed by atoms with Crippen LogP contribution in [-0.2, 0) is 4.79 Å². The Morgan fingerprint density at radius 2 is 1.67 bits per heavy atom. The molecule has 1 saturated heterocycles. The van der Waals surface area contributed by atoms with E-state index >= 15 is 0 Å². The number of rotatable bonds is 6. The lowest BCUT2D eigenvalue weighted by molar-refractivity contribution is -0.117. The molecule has 0 atom stereocenters. The third kappa shape index (κ3) is 5.14. The summed E-state index contributed by atoms with van der Waals surface area (Å²) >= 11 is 0. The molecule has 1 N–H and O–H groups in total. The highest BCUT2D eigenvalue weighted by molar-refractivity contribution is 5.92. The van der Waals surface area contributed by atoms with Crippen molar-refractivity contribution in [1.29, 1.82) is 0 Å². The van der Waals surface area contributed by atoms with Gasteiger partial charge in [0.15, 0.2) is 0 Å². The summed E-state index contributed by atoms with van der Waals surface area (Å²) in [6, 6.07) is 13.9. The Kier molecular flexibility index (Phi) is 6.19. The molecule has 0 bridgehead atoms. The van der Waals surface area contributed by atoms with E-state index in [9.17, 15) is 4.79 Å². The van der Waals surface area contributed by atoms with E-state index in [0.717, 1.165) is 26.2 Å². The van der Waals surface area contributed by atoms with E-state index in [1.54, 1.807) is 32.4 Å². The normalized spacial score (nSPS) is 14.7. The van der Waals surface area contributed by atoms with E-state index in [1.165, 1.54) is 11.3 Å². The quantitative estimate of drug-likeness (QED) is 0.849. The second-order valence-electron chi connectivity index (χ2n) is 6.75. The molecule has 0 aliphatic carbocycles. The van der Waals surface area contributed by atoms with Gasteiger partial charge in [-0.25, -0.2) is 0 Å². The molecule has 2 aromatic rings. The highest BCUT2D eigenvalue weighted by Gasteiger charge is 2.19. The summed E-state index contributed by atoms with van der Waals surface area (Å²) in [5.41, 5.74) is 3.19. The first-order valence-electron chi connectivity index (χ1n) is 9.14. The van der Waals surface area contributed by atoms with Crippen molar-refractivity contribution >= 4 is 17.3 Å². The molecule has 1 amide bonds. The van der Waals surface area contributed by atoms with Crippen molar-refractivity contribution in [2.24, 2.45) is 0 Å². The zero-order chi connectivity index (χ0) is 19.2. The van der Waals surface area contributed by atoms with Crippen molar-refractivity contribution in [3.05, 3.63) is 48.0 Å². The standard InChI is InChI=1S/C21H27N3O3/c1-16-5-4-6-18(11-16)24-9-7-23(8-10-24)15-21(25)22-17-12-19(26-2)14-20(13-17)27-3/h4-6,11-14H,7-10,15H2,1-3H3,(H,22,25). The number of piperazine rings is 1. The monoisotopic (exact) mass is 369 g/mol. The minimum Gasteiger partial charge on any atom is -0.497 e. The lowest BCUT2D eigenvalue weighted by Crippen LogP contribution is -2.48. The second-order valence-corrected chi connectivity index (χ2v) is 6.75. The van der Waals surface area contributed by atoms with E-state index in [2.05, 4.69) is 46.3 Å². The van der Waals surface area contributed by atoms with Crippen molar-refractivity contribution in [2.75, 3.05) is 57.2 Å². The number of hydrogen-bond donors (Lipinski definition) is 1. The third-order valence-corrected chi connectivity index (χ3v) is 4.74. The van der Waals surface area contributed by atoms with Gasteiger partial charge in [-0.3, -0.25) is 9.69 Å². The molecule has 6 heteroatoms. The molecule has 1 aliphatic rings. The number of nitrogens with one attached hydrogen (secondary N) is 1. The highest BCUT2D eigenvalue weighted by Crippen LogP contribution is 2.25. The van der Waals surface area contributed by atoms with Crippen molar-refractivity contribution in [2.45, 2.75) is 6.92 Å². The number of anilines is 2. The maximum absolute atomic E-state index is 12.4. The van der Waals surface area contributed by atoms with Crippen LogP contribution in [0.5, 0.6) is 11.5 Å². The highest BCUT2D eigenvalue weighted by atomic mass is 16.5. The second kappa shape index (κ2) is 8.77. The number of carbonyl (C=O) groups is 1. The summed E-state index contributed by atoms with van der Waals surface area (Å²) in [7, 11) is 3.18. The van der Waals surface area contributed by atoms with Crippen LogP contribution in [0.3, 0.4) is 0 Å². The van der Waals surface area contributed by atoms with Crippen LogP contribution in [0.2, 0.25) is 0 Å². The summed E-state index contributed by atoms with van der Waals surface area (Å²) < 4.78 is 10.5. The van der Waals surface area contributed by atoms with E-state index in [4.69, 9.17) is 9.47 Å². The first-order chi connectivity index (χ1) is 13.1. The zero-order valence-electron chi connectivity index (χ0n) is 16.2. The molecule has 6 nitrogen and oxygen atoms in total. The van der Waals surface area contributed by atoms with Crippen LogP contribution in [0.25, 0.3) is 0 Å². The van der Waals surface area contributed by atoms with Gasteiger partial charge in [-0.2, -0.15) is 0 Å². The summed E-state index contributed by atoms with van der Waals surface area (Å²) in [6.07, 6.45) is 0. The molecule has 0 aromatic heterocycles. The van der Waals surface area contributed by atoms with Gasteiger partial charge >= 0.3 is 0 Å². The van der Waals surface area contributed by atoms with Gasteiger partial charge in [0, 0.05) is 55.8 Å². The van der Waals surface area contributed by atoms with Crippen molar-refractivity contribution < 1.29 is 14.3 Å². The summed E-state index contributed by atoms with van der Waals surface area (Å²) in [6.45, 7) is 6.05. The average molecular weight is 369 g/mol. The molecule has 27 heavy (non-hydrogen) atoms. The fourth-order valence-corrected chi connectivity index (χ4v) is 3.27. The van der Waals surface area contributed by atoms with Gasteiger partial charge in [-0.05, 0) is 24.6 Å². The summed E-state index contributed by atoms with van der Waals surface area (Å²) in [4.78, 5) is 17.0. The molecule has 3 rings (SSSR count). The fourth-order valence-electron chi connectivity index (χ4n) is 3.27. The zero-order valence-corrected chi connectivity index (χ0v) is 16.2. The fraction of sp³-hybridized carbons (Fsp3) is 0.381. The maximum atomic E-state index is 12.4. The molecular formula is C21H27N3O3. The van der Waals surface area contributed by atoms with Gasteiger partial charge < -0.3 is 19.7 Å². The number of ether oxygens (including phenoxy) is 2. The smallest absolute Gasteiger partial charge is 0.238 e. The minimum atomic E-state index is -0.0330. The maximum Gasteiger partial charge on any atom is 0.238 e. The van der Waals surface area contributed by atoms with Gasteiger partial charge in [-0.15, -0.1) is 0 Å². The Bertz CT molecular complexity index is 764. The average Bonchev–Trinajstić information content (AvgIpc) is 2.68. The third-order valence-electron chi connectivity index (χ3n) is 4.74. The molecule has 1 fully saturated rings. The van der Waals surface area contributed by atoms with E-state index in [0.29, 0.717) is 23.7 Å². The number of hydrogen-bond acceptors (Lipinski definition) is 5. The topological polar surface area (TPSA) is 54.0 Å². The van der Waals surface area contributed by atoms with Crippen LogP contribution in [0, 0.1) is 6.92 Å². The van der Waals surface area contributed by atoms with E-state index < -0.39 is 0 Å². The van der Waals surface area contributed by atoms with Crippen molar-refractivity contribution in [3.63, 3.8) is 0 Å². The molecule has 144 valence electrons. The molecule has 0 spiro atoms. The van der Waals surface area contributed by atoms with Crippen molar-refractivity contribution in [1.82, 2.24) is 4.90 Å². The van der Waals surface area contributed by atoms with Gasteiger partial charge in [0.05, 0.1) is 20.8 Å². The Labute approximate surface area is 160 Å². The SMILES string of the molecule is COc1cc(NC(=O)CN2CCN(c3cccc(C)c3)CC2)cc(OC)c1. The van der Waals surface area contributed by atoms with Crippen LogP contribution in [-0.4, -0.2) is 57.8 Å². The van der Waals surface area contributed by atoms with Gasteiger partial charge in [0.25, 0.3) is 0 Å². The van der Waals surface area contributed by atoms with Gasteiger partial charge in [0.1, 0.15) is 11.5 Å². The molecule has 1 aliphatic heterocycles. The summed E-state index contributed by atoms with van der Waals surface area (Å²) in [5.74, 6) is 1.27. The van der Waals surface area contributed by atoms with E-state index in [1.807, 2.05) is 0 Å². The Balaban J connectivity index is 1.52. The first kappa shape index (κ1) is 19.0. The van der Waals surface area contributed by atoms with E-state index in [-0.39, 0.29) is 5.91 Å². The van der Waals surface area contributed by atoms with Crippen LogP contribution in [0.1, 0.15) is 5.56 Å². The van der Waals surface area contributed by atoms with Gasteiger partial charge in [-0.1, -0.05) is 12.1 Å². The molecule has 2 aromatic carbocycles. The number of benzene rings is 2. The Morgan fingerprint density at radius 3 is 2.26 bits per heavy atom. The van der Waals surface area contributed by atoms with Gasteiger partial charge in [0.2, 0.25) is 5.91 Å². The van der Waals surface area contributed by atoms with Crippen LogP contribution >= 0.6 is 0 Å². The Morgan fingerprint density at radius 1 is 1.00 bits per heavy atom. The van der Waals surface area contributed by atoms with Crippen LogP contribution in [0.4, 0.5) is 11.4 Å². The van der Waals surface area contributed by atoms with Crippen molar-refractivity contribution in [3.8, 4) is 11.5 Å². The predicted molar refractivity (Wildman–Crippen MR) is 108 cm³/mol. The van der Waals surface area contributed by atoms with Crippen LogP contribution < -0.4 is 19.7 Å². The largest absolute Gasteiger partial charge is 0.497 e. The molecular weight excluding hydrogens is 342 g/mol. The Hall–Kier alpha value is -2.73. The molecule has 0 unspecified atom stereocenters. The predicted octanol–water partition coefficient (Wildman–Crippen LogP) is 2.77. The lowest BCUT2D eigenvalue weighted by atomic mass is 10.2. The number of amides is 1. The minimum absolute atomic E-state index is 0.0330. The summed E-state index contributed by atoms with van der Waals surface area (Å²) in [5, 5.41) is 2.93. The number of methoxy groups -OCH3 is 2. The molecule has 1 heterocycles. The van der Waals surface area contributed by atoms with Crippen LogP contribution in [0.15, 0.2) is 42.5 Å².